The minimum Gasteiger partial charge on any atom is -0.481 e. The van der Waals surface area contributed by atoms with E-state index in [9.17, 15) is 9.18 Å². The van der Waals surface area contributed by atoms with E-state index >= 15 is 0 Å². The van der Waals surface area contributed by atoms with Gasteiger partial charge < -0.3 is 24.8 Å². The third-order valence-corrected chi connectivity index (χ3v) is 3.50. The fourth-order valence-corrected chi connectivity index (χ4v) is 2.18. The van der Waals surface area contributed by atoms with Gasteiger partial charge in [0.15, 0.2) is 0 Å². The maximum absolute atomic E-state index is 12.9. The van der Waals surface area contributed by atoms with E-state index in [4.69, 9.17) is 14.2 Å². The van der Waals surface area contributed by atoms with Gasteiger partial charge in [0.1, 0.15) is 11.6 Å². The molecule has 1 heterocycles. The largest absolute Gasteiger partial charge is 0.481 e. The van der Waals surface area contributed by atoms with Gasteiger partial charge in [-0.05, 0) is 48.5 Å². The summed E-state index contributed by atoms with van der Waals surface area (Å²) in [5.74, 6) is 0.689. The lowest BCUT2D eigenvalue weighted by Gasteiger charge is -2.09. The van der Waals surface area contributed by atoms with Gasteiger partial charge in [0.2, 0.25) is 11.8 Å². The molecular formula is C19H17FN4O4. The second-order valence-electron chi connectivity index (χ2n) is 5.45. The number of urea groups is 1. The van der Waals surface area contributed by atoms with Crippen molar-refractivity contribution < 1.29 is 23.4 Å². The van der Waals surface area contributed by atoms with Crippen LogP contribution in [0.15, 0.2) is 54.6 Å². The number of aromatic nitrogens is 2. The quantitative estimate of drug-likeness (QED) is 0.665. The molecule has 0 saturated carbocycles. The van der Waals surface area contributed by atoms with Crippen LogP contribution in [-0.4, -0.2) is 30.2 Å². The zero-order valence-electron chi connectivity index (χ0n) is 15.1. The maximum Gasteiger partial charge on any atom is 0.328 e. The number of amides is 2. The molecule has 0 spiro atoms. The van der Waals surface area contributed by atoms with Gasteiger partial charge >= 0.3 is 12.0 Å². The molecule has 0 fully saturated rings. The third-order valence-electron chi connectivity index (χ3n) is 3.50. The van der Waals surface area contributed by atoms with Gasteiger partial charge in [-0.1, -0.05) is 0 Å². The highest BCUT2D eigenvalue weighted by Crippen LogP contribution is 2.24. The number of methoxy groups -OCH3 is 2. The molecule has 0 saturated heterocycles. The lowest BCUT2D eigenvalue weighted by Crippen LogP contribution is -2.19. The van der Waals surface area contributed by atoms with Crippen LogP contribution in [-0.2, 0) is 0 Å². The van der Waals surface area contributed by atoms with Gasteiger partial charge in [-0.25, -0.2) is 9.18 Å². The fraction of sp³-hybridized carbons (Fsp3) is 0.105. The number of carbonyl (C=O) groups excluding carboxylic acids is 1. The Hall–Kier alpha value is -3.88. The van der Waals surface area contributed by atoms with Crippen molar-refractivity contribution in [3.8, 4) is 23.5 Å². The number of ether oxygens (including phenoxy) is 3. The van der Waals surface area contributed by atoms with Gasteiger partial charge in [0, 0.05) is 11.4 Å². The Kier molecular flexibility index (Phi) is 5.85. The summed E-state index contributed by atoms with van der Waals surface area (Å²) in [4.78, 5) is 20.1. The van der Waals surface area contributed by atoms with Crippen molar-refractivity contribution in [2.24, 2.45) is 0 Å². The molecule has 9 heteroatoms. The van der Waals surface area contributed by atoms with Crippen LogP contribution in [0.4, 0.5) is 20.6 Å². The molecule has 0 aliphatic carbocycles. The molecule has 28 heavy (non-hydrogen) atoms. The van der Waals surface area contributed by atoms with E-state index in [1.807, 2.05) is 0 Å². The molecule has 8 nitrogen and oxygen atoms in total. The van der Waals surface area contributed by atoms with Crippen LogP contribution in [0.3, 0.4) is 0 Å². The van der Waals surface area contributed by atoms with Crippen LogP contribution in [0.1, 0.15) is 0 Å². The van der Waals surface area contributed by atoms with Crippen molar-refractivity contribution >= 4 is 17.4 Å². The normalized spacial score (nSPS) is 10.1. The van der Waals surface area contributed by atoms with E-state index in [2.05, 4.69) is 20.6 Å². The Bertz CT molecular complexity index is 927. The predicted octanol–water partition coefficient (Wildman–Crippen LogP) is 4.07. The second-order valence-corrected chi connectivity index (χ2v) is 5.45. The van der Waals surface area contributed by atoms with E-state index in [-0.39, 0.29) is 11.8 Å². The Morgan fingerprint density at radius 1 is 0.857 bits per heavy atom. The number of halogens is 1. The summed E-state index contributed by atoms with van der Waals surface area (Å²) in [5.41, 5.74) is 1.01. The first kappa shape index (κ1) is 18.9. The summed E-state index contributed by atoms with van der Waals surface area (Å²) in [6.45, 7) is 0. The monoisotopic (exact) mass is 384 g/mol. The Labute approximate surface area is 160 Å². The highest BCUT2D eigenvalue weighted by molar-refractivity contribution is 5.99. The average Bonchev–Trinajstić information content (AvgIpc) is 2.71. The molecule has 0 aliphatic rings. The van der Waals surface area contributed by atoms with Crippen molar-refractivity contribution in [1.82, 2.24) is 9.97 Å². The van der Waals surface area contributed by atoms with Crippen LogP contribution in [0.25, 0.3) is 0 Å². The summed E-state index contributed by atoms with van der Waals surface area (Å²) in [6.07, 6.45) is 0. The number of nitrogens with one attached hydrogen (secondary N) is 2. The topological polar surface area (TPSA) is 94.6 Å². The Morgan fingerprint density at radius 2 is 1.36 bits per heavy atom. The van der Waals surface area contributed by atoms with E-state index in [1.54, 1.807) is 24.3 Å². The summed E-state index contributed by atoms with van der Waals surface area (Å²) >= 11 is 0. The molecule has 0 unspecified atom stereocenters. The second kappa shape index (κ2) is 8.67. The summed E-state index contributed by atoms with van der Waals surface area (Å²) in [7, 11) is 2.95. The van der Waals surface area contributed by atoms with Crippen LogP contribution in [0.5, 0.6) is 23.5 Å². The summed E-state index contributed by atoms with van der Waals surface area (Å²) < 4.78 is 28.6. The lowest BCUT2D eigenvalue weighted by molar-refractivity contribution is 0.262. The molecule has 0 aliphatic heterocycles. The highest BCUT2D eigenvalue weighted by atomic mass is 19.1. The van der Waals surface area contributed by atoms with Crippen molar-refractivity contribution in [2.45, 2.75) is 0 Å². The number of hydrogen-bond donors (Lipinski definition) is 2. The highest BCUT2D eigenvalue weighted by Gasteiger charge is 2.08. The molecule has 2 amide bonds. The minimum atomic E-state index is -0.457. The molecule has 0 radical (unpaired) electrons. The summed E-state index contributed by atoms with van der Waals surface area (Å²) in [6, 6.07) is 13.2. The molecule has 3 rings (SSSR count). The number of nitrogens with zero attached hydrogens (tertiary/aromatic N) is 2. The van der Waals surface area contributed by atoms with Crippen molar-refractivity contribution in [3.63, 3.8) is 0 Å². The molecular weight excluding hydrogens is 367 g/mol. The van der Waals surface area contributed by atoms with Gasteiger partial charge in [-0.2, -0.15) is 9.97 Å². The average molecular weight is 384 g/mol. The van der Waals surface area contributed by atoms with Gasteiger partial charge in [-0.3, -0.25) is 0 Å². The van der Waals surface area contributed by atoms with E-state index in [0.29, 0.717) is 28.9 Å². The fourth-order valence-electron chi connectivity index (χ4n) is 2.18. The molecule has 3 aromatic rings. The third kappa shape index (κ3) is 5.07. The number of carbonyl (C=O) groups is 1. The zero-order valence-corrected chi connectivity index (χ0v) is 15.1. The number of benzene rings is 2. The first-order chi connectivity index (χ1) is 13.6. The van der Waals surface area contributed by atoms with Crippen molar-refractivity contribution in [2.75, 3.05) is 24.9 Å². The first-order valence-electron chi connectivity index (χ1n) is 8.14. The minimum absolute atomic E-state index is 0.0611. The molecule has 144 valence electrons. The molecule has 1 aromatic heterocycles. The summed E-state index contributed by atoms with van der Waals surface area (Å²) in [5, 5.41) is 5.26. The van der Waals surface area contributed by atoms with Gasteiger partial charge in [0.05, 0.1) is 20.3 Å². The first-order valence-corrected chi connectivity index (χ1v) is 8.14. The van der Waals surface area contributed by atoms with Gasteiger partial charge in [-0.15, -0.1) is 0 Å². The van der Waals surface area contributed by atoms with Crippen molar-refractivity contribution in [3.05, 3.63) is 60.4 Å². The lowest BCUT2D eigenvalue weighted by atomic mass is 10.3. The predicted molar refractivity (Wildman–Crippen MR) is 101 cm³/mol. The van der Waals surface area contributed by atoms with E-state index in [0.717, 1.165) is 0 Å². The number of hydrogen-bond acceptors (Lipinski definition) is 6. The van der Waals surface area contributed by atoms with Crippen LogP contribution < -0.4 is 24.8 Å². The Morgan fingerprint density at radius 3 is 1.86 bits per heavy atom. The van der Waals surface area contributed by atoms with Crippen molar-refractivity contribution in [1.29, 1.82) is 0 Å². The van der Waals surface area contributed by atoms with Crippen LogP contribution >= 0.6 is 0 Å². The standard InChI is InChI=1S/C19H17FN4O4/c1-26-16-11-17(27-2)24-19(23-16)28-15-9-7-14(8-10-15)22-18(25)21-13-5-3-12(20)4-6-13/h3-11H,1-2H3,(H2,21,22,25). The Balaban J connectivity index is 1.61. The molecule has 2 aromatic carbocycles. The van der Waals surface area contributed by atoms with E-state index in [1.165, 1.54) is 44.6 Å². The zero-order chi connectivity index (χ0) is 19.9. The smallest absolute Gasteiger partial charge is 0.328 e. The van der Waals surface area contributed by atoms with Crippen LogP contribution in [0, 0.1) is 5.82 Å². The number of rotatable bonds is 6. The number of anilines is 2. The molecule has 0 atom stereocenters. The van der Waals surface area contributed by atoms with E-state index < -0.39 is 6.03 Å². The van der Waals surface area contributed by atoms with Gasteiger partial charge in [0.25, 0.3) is 0 Å². The molecule has 2 N–H and O–H groups in total. The maximum atomic E-state index is 12.9. The van der Waals surface area contributed by atoms with Crippen LogP contribution in [0.2, 0.25) is 0 Å². The molecule has 0 bridgehead atoms. The SMILES string of the molecule is COc1cc(OC)nc(Oc2ccc(NC(=O)Nc3ccc(F)cc3)cc2)n1.